The number of nitrogens with one attached hydrogen (secondary N) is 2. The van der Waals surface area contributed by atoms with Crippen molar-refractivity contribution in [3.63, 3.8) is 0 Å². The molecule has 0 atom stereocenters. The molecule has 1 aromatic rings. The Kier molecular flexibility index (Phi) is 3.14. The highest BCUT2D eigenvalue weighted by Gasteiger charge is 2.30. The van der Waals surface area contributed by atoms with Crippen LogP contribution in [0.1, 0.15) is 28.8 Å². The SMILES string of the molecule is O=C(NC1CC1)c1ccccc1CN1C(=O)CNC1=O. The number of imide groups is 1. The second kappa shape index (κ2) is 4.96. The van der Waals surface area contributed by atoms with Gasteiger partial charge in [0.1, 0.15) is 0 Å². The Morgan fingerprint density at radius 2 is 2.05 bits per heavy atom. The van der Waals surface area contributed by atoms with Crippen LogP contribution in [-0.2, 0) is 11.3 Å². The average molecular weight is 273 g/mol. The molecule has 0 unspecified atom stereocenters. The molecular weight excluding hydrogens is 258 g/mol. The van der Waals surface area contributed by atoms with Gasteiger partial charge in [-0.1, -0.05) is 18.2 Å². The zero-order valence-electron chi connectivity index (χ0n) is 10.9. The maximum Gasteiger partial charge on any atom is 0.324 e. The summed E-state index contributed by atoms with van der Waals surface area (Å²) in [4.78, 5) is 36.4. The van der Waals surface area contributed by atoms with Gasteiger partial charge >= 0.3 is 6.03 Å². The van der Waals surface area contributed by atoms with Crippen molar-refractivity contribution < 1.29 is 14.4 Å². The highest BCUT2D eigenvalue weighted by atomic mass is 16.2. The number of urea groups is 1. The van der Waals surface area contributed by atoms with Crippen LogP contribution in [0.15, 0.2) is 24.3 Å². The molecule has 2 fully saturated rings. The molecule has 1 heterocycles. The second-order valence-corrected chi connectivity index (χ2v) is 5.04. The quantitative estimate of drug-likeness (QED) is 0.790. The Morgan fingerprint density at radius 3 is 2.70 bits per heavy atom. The third-order valence-corrected chi connectivity index (χ3v) is 3.44. The zero-order valence-corrected chi connectivity index (χ0v) is 10.9. The van der Waals surface area contributed by atoms with Crippen molar-refractivity contribution >= 4 is 17.8 Å². The van der Waals surface area contributed by atoms with Crippen LogP contribution in [0.3, 0.4) is 0 Å². The summed E-state index contributed by atoms with van der Waals surface area (Å²) in [5.41, 5.74) is 1.20. The number of carbonyl (C=O) groups excluding carboxylic acids is 3. The van der Waals surface area contributed by atoms with Gasteiger partial charge in [0, 0.05) is 11.6 Å². The summed E-state index contributed by atoms with van der Waals surface area (Å²) in [6.07, 6.45) is 2.03. The van der Waals surface area contributed by atoms with Crippen LogP contribution in [0, 0.1) is 0 Å². The van der Waals surface area contributed by atoms with Crippen molar-refractivity contribution in [3.05, 3.63) is 35.4 Å². The van der Waals surface area contributed by atoms with E-state index >= 15 is 0 Å². The van der Waals surface area contributed by atoms with E-state index in [0.717, 1.165) is 17.7 Å². The molecule has 1 aliphatic heterocycles. The topological polar surface area (TPSA) is 78.5 Å². The third-order valence-electron chi connectivity index (χ3n) is 3.44. The first kappa shape index (κ1) is 12.7. The Labute approximate surface area is 116 Å². The summed E-state index contributed by atoms with van der Waals surface area (Å²) in [5, 5.41) is 5.38. The fraction of sp³-hybridized carbons (Fsp3) is 0.357. The number of rotatable bonds is 4. The molecule has 1 saturated heterocycles. The van der Waals surface area contributed by atoms with Crippen LogP contribution in [-0.4, -0.2) is 35.3 Å². The molecule has 1 aromatic carbocycles. The van der Waals surface area contributed by atoms with Gasteiger partial charge in [0.15, 0.2) is 0 Å². The Hall–Kier alpha value is -2.37. The molecule has 0 spiro atoms. The Bertz CT molecular complexity index is 565. The van der Waals surface area contributed by atoms with E-state index in [2.05, 4.69) is 10.6 Å². The molecule has 3 rings (SSSR count). The lowest BCUT2D eigenvalue weighted by molar-refractivity contribution is -0.125. The monoisotopic (exact) mass is 273 g/mol. The van der Waals surface area contributed by atoms with Gasteiger partial charge in [-0.25, -0.2) is 4.79 Å². The van der Waals surface area contributed by atoms with E-state index in [1.54, 1.807) is 24.3 Å². The summed E-state index contributed by atoms with van der Waals surface area (Å²) in [5.74, 6) is -0.414. The first-order valence-electron chi connectivity index (χ1n) is 6.62. The molecule has 1 saturated carbocycles. The fourth-order valence-electron chi connectivity index (χ4n) is 2.16. The highest BCUT2D eigenvalue weighted by Crippen LogP contribution is 2.20. The lowest BCUT2D eigenvalue weighted by Crippen LogP contribution is -2.32. The molecule has 4 amide bonds. The minimum atomic E-state index is -0.410. The summed E-state index contributed by atoms with van der Waals surface area (Å²) < 4.78 is 0. The first-order valence-corrected chi connectivity index (χ1v) is 6.62. The van der Waals surface area contributed by atoms with E-state index in [4.69, 9.17) is 0 Å². The zero-order chi connectivity index (χ0) is 14.1. The molecule has 1 aliphatic carbocycles. The van der Waals surface area contributed by atoms with Crippen molar-refractivity contribution in [3.8, 4) is 0 Å². The summed E-state index contributed by atoms with van der Waals surface area (Å²) in [6, 6.07) is 6.91. The molecule has 6 nitrogen and oxygen atoms in total. The van der Waals surface area contributed by atoms with Crippen molar-refractivity contribution in [1.29, 1.82) is 0 Å². The van der Waals surface area contributed by atoms with Gasteiger partial charge in [0.25, 0.3) is 5.91 Å². The van der Waals surface area contributed by atoms with Crippen molar-refractivity contribution in [2.75, 3.05) is 6.54 Å². The number of carbonyl (C=O) groups is 3. The standard InChI is InChI=1S/C14H15N3O3/c18-12-7-15-14(20)17(12)8-9-3-1-2-4-11(9)13(19)16-10-5-6-10/h1-4,10H,5-8H2,(H,15,20)(H,16,19). The lowest BCUT2D eigenvalue weighted by Gasteiger charge is -2.15. The van der Waals surface area contributed by atoms with Crippen molar-refractivity contribution in [2.45, 2.75) is 25.4 Å². The summed E-state index contributed by atoms with van der Waals surface area (Å²) in [6.45, 7) is 0.147. The van der Waals surface area contributed by atoms with E-state index in [9.17, 15) is 14.4 Å². The molecule has 2 N–H and O–H groups in total. The van der Waals surface area contributed by atoms with Gasteiger partial charge in [0.05, 0.1) is 13.1 Å². The van der Waals surface area contributed by atoms with E-state index in [-0.39, 0.29) is 30.9 Å². The van der Waals surface area contributed by atoms with Crippen LogP contribution in [0.5, 0.6) is 0 Å². The van der Waals surface area contributed by atoms with E-state index in [1.165, 1.54) is 0 Å². The van der Waals surface area contributed by atoms with Crippen LogP contribution in [0.25, 0.3) is 0 Å². The van der Waals surface area contributed by atoms with Gasteiger partial charge < -0.3 is 10.6 Å². The molecule has 20 heavy (non-hydrogen) atoms. The Balaban J connectivity index is 1.80. The maximum atomic E-state index is 12.1. The lowest BCUT2D eigenvalue weighted by atomic mass is 10.1. The summed E-state index contributed by atoms with van der Waals surface area (Å²) in [7, 11) is 0. The van der Waals surface area contributed by atoms with Gasteiger partial charge in [-0.15, -0.1) is 0 Å². The summed E-state index contributed by atoms with van der Waals surface area (Å²) >= 11 is 0. The van der Waals surface area contributed by atoms with Gasteiger partial charge in [-0.2, -0.15) is 0 Å². The van der Waals surface area contributed by atoms with Crippen LogP contribution >= 0.6 is 0 Å². The van der Waals surface area contributed by atoms with Gasteiger partial charge in [-0.3, -0.25) is 14.5 Å². The normalized spacial score (nSPS) is 18.1. The van der Waals surface area contributed by atoms with Crippen LogP contribution in [0.2, 0.25) is 0 Å². The van der Waals surface area contributed by atoms with Crippen molar-refractivity contribution in [2.24, 2.45) is 0 Å². The molecular formula is C14H15N3O3. The minimum absolute atomic E-state index is 0.0231. The molecule has 0 bridgehead atoms. The van der Waals surface area contributed by atoms with E-state index in [1.807, 2.05) is 0 Å². The number of hydrogen-bond donors (Lipinski definition) is 2. The number of benzene rings is 1. The van der Waals surface area contributed by atoms with Gasteiger partial charge in [0.2, 0.25) is 5.91 Å². The molecule has 2 aliphatic rings. The second-order valence-electron chi connectivity index (χ2n) is 5.04. The smallest absolute Gasteiger partial charge is 0.324 e. The van der Waals surface area contributed by atoms with E-state index in [0.29, 0.717) is 11.1 Å². The number of hydrogen-bond acceptors (Lipinski definition) is 3. The number of amides is 4. The van der Waals surface area contributed by atoms with E-state index < -0.39 is 6.03 Å². The molecule has 0 aromatic heterocycles. The molecule has 6 heteroatoms. The van der Waals surface area contributed by atoms with Crippen molar-refractivity contribution in [1.82, 2.24) is 15.5 Å². The Morgan fingerprint density at radius 1 is 1.30 bits per heavy atom. The van der Waals surface area contributed by atoms with Gasteiger partial charge in [-0.05, 0) is 24.5 Å². The number of nitrogens with zero attached hydrogens (tertiary/aromatic N) is 1. The highest BCUT2D eigenvalue weighted by molar-refractivity contribution is 6.02. The minimum Gasteiger partial charge on any atom is -0.349 e. The third kappa shape index (κ3) is 2.49. The molecule has 104 valence electrons. The van der Waals surface area contributed by atoms with Crippen LogP contribution < -0.4 is 10.6 Å². The molecule has 0 radical (unpaired) electrons. The predicted octanol–water partition coefficient (Wildman–Crippen LogP) is 0.631. The largest absolute Gasteiger partial charge is 0.349 e. The van der Waals surface area contributed by atoms with Crippen LogP contribution in [0.4, 0.5) is 4.79 Å². The maximum absolute atomic E-state index is 12.1. The predicted molar refractivity (Wildman–Crippen MR) is 70.9 cm³/mol. The fourth-order valence-corrected chi connectivity index (χ4v) is 2.16. The average Bonchev–Trinajstić information content (AvgIpc) is 3.20. The first-order chi connectivity index (χ1) is 9.65.